The quantitative estimate of drug-likeness (QED) is 0.832. The lowest BCUT2D eigenvalue weighted by atomic mass is 10.3. The van der Waals surface area contributed by atoms with Crippen molar-refractivity contribution in [3.05, 3.63) is 35.6 Å². The van der Waals surface area contributed by atoms with E-state index in [0.717, 1.165) is 36.5 Å². The number of carbonyl (C=O) groups excluding carboxylic acids is 1. The summed E-state index contributed by atoms with van der Waals surface area (Å²) in [5, 5.41) is 2.72. The number of nitrogens with zero attached hydrogens (tertiary/aromatic N) is 3. The highest BCUT2D eigenvalue weighted by atomic mass is 32.1. The van der Waals surface area contributed by atoms with E-state index in [2.05, 4.69) is 9.97 Å². The SMILES string of the molecule is O=C(c1csc(-c2ccncc2)n1)N1CCCC1. The number of hydrogen-bond donors (Lipinski definition) is 0. The standard InChI is InChI=1S/C13H13N3OS/c17-13(16-7-1-2-8-16)11-9-18-12(15-11)10-3-5-14-6-4-10/h3-6,9H,1-2,7-8H2. The number of aromatic nitrogens is 2. The number of amides is 1. The number of likely N-dealkylation sites (tertiary alicyclic amines) is 1. The molecule has 92 valence electrons. The van der Waals surface area contributed by atoms with E-state index in [1.54, 1.807) is 12.4 Å². The first-order valence-corrected chi connectivity index (χ1v) is 6.88. The van der Waals surface area contributed by atoms with Crippen LogP contribution in [-0.4, -0.2) is 33.9 Å². The Labute approximate surface area is 109 Å². The van der Waals surface area contributed by atoms with Crippen molar-refractivity contribution < 1.29 is 4.79 Å². The van der Waals surface area contributed by atoms with E-state index in [-0.39, 0.29) is 5.91 Å². The zero-order valence-corrected chi connectivity index (χ0v) is 10.7. The van der Waals surface area contributed by atoms with Gasteiger partial charge in [-0.3, -0.25) is 9.78 Å². The molecule has 0 saturated carbocycles. The number of thiazole rings is 1. The van der Waals surface area contributed by atoms with Gasteiger partial charge in [-0.15, -0.1) is 11.3 Å². The number of carbonyl (C=O) groups is 1. The third kappa shape index (κ3) is 2.13. The summed E-state index contributed by atoms with van der Waals surface area (Å²) >= 11 is 1.50. The number of hydrogen-bond acceptors (Lipinski definition) is 4. The lowest BCUT2D eigenvalue weighted by Crippen LogP contribution is -2.27. The molecule has 1 fully saturated rings. The molecule has 18 heavy (non-hydrogen) atoms. The molecule has 0 N–H and O–H groups in total. The molecule has 2 aromatic heterocycles. The van der Waals surface area contributed by atoms with E-state index in [1.165, 1.54) is 11.3 Å². The van der Waals surface area contributed by atoms with Gasteiger partial charge in [-0.05, 0) is 25.0 Å². The van der Waals surface area contributed by atoms with Crippen molar-refractivity contribution in [2.75, 3.05) is 13.1 Å². The van der Waals surface area contributed by atoms with Crippen molar-refractivity contribution in [2.45, 2.75) is 12.8 Å². The predicted octanol–water partition coefficient (Wildman–Crippen LogP) is 2.44. The fourth-order valence-electron chi connectivity index (χ4n) is 2.08. The van der Waals surface area contributed by atoms with Crippen molar-refractivity contribution in [3.8, 4) is 10.6 Å². The van der Waals surface area contributed by atoms with Crippen LogP contribution in [0, 0.1) is 0 Å². The molecule has 1 aliphatic heterocycles. The maximum atomic E-state index is 12.1. The molecule has 2 aromatic rings. The zero-order valence-electron chi connectivity index (χ0n) is 9.87. The van der Waals surface area contributed by atoms with Crippen LogP contribution < -0.4 is 0 Å². The van der Waals surface area contributed by atoms with Crippen LogP contribution in [0.5, 0.6) is 0 Å². The van der Waals surface area contributed by atoms with Crippen LogP contribution >= 0.6 is 11.3 Å². The molecule has 0 bridgehead atoms. The minimum Gasteiger partial charge on any atom is -0.337 e. The first-order chi connectivity index (χ1) is 8.84. The van der Waals surface area contributed by atoms with Crippen LogP contribution in [0.25, 0.3) is 10.6 Å². The van der Waals surface area contributed by atoms with Crippen molar-refractivity contribution >= 4 is 17.2 Å². The van der Waals surface area contributed by atoms with Crippen LogP contribution in [0.3, 0.4) is 0 Å². The molecule has 3 heterocycles. The fraction of sp³-hybridized carbons (Fsp3) is 0.308. The molecule has 0 aromatic carbocycles. The highest BCUT2D eigenvalue weighted by Gasteiger charge is 2.21. The summed E-state index contributed by atoms with van der Waals surface area (Å²) in [4.78, 5) is 22.4. The van der Waals surface area contributed by atoms with Gasteiger partial charge < -0.3 is 4.90 Å². The maximum Gasteiger partial charge on any atom is 0.273 e. The average Bonchev–Trinajstić information content (AvgIpc) is 3.10. The second kappa shape index (κ2) is 4.86. The second-order valence-corrected chi connectivity index (χ2v) is 5.13. The first kappa shape index (κ1) is 11.3. The van der Waals surface area contributed by atoms with Gasteiger partial charge in [0.1, 0.15) is 10.7 Å². The van der Waals surface area contributed by atoms with Gasteiger partial charge in [-0.2, -0.15) is 0 Å². The van der Waals surface area contributed by atoms with Crippen molar-refractivity contribution in [3.63, 3.8) is 0 Å². The largest absolute Gasteiger partial charge is 0.337 e. The summed E-state index contributed by atoms with van der Waals surface area (Å²) in [6, 6.07) is 3.81. The highest BCUT2D eigenvalue weighted by Crippen LogP contribution is 2.24. The second-order valence-electron chi connectivity index (χ2n) is 4.27. The van der Waals surface area contributed by atoms with E-state index in [1.807, 2.05) is 22.4 Å². The van der Waals surface area contributed by atoms with Crippen LogP contribution in [-0.2, 0) is 0 Å². The molecule has 0 radical (unpaired) electrons. The third-order valence-electron chi connectivity index (χ3n) is 3.04. The minimum atomic E-state index is 0.0593. The van der Waals surface area contributed by atoms with E-state index < -0.39 is 0 Å². The van der Waals surface area contributed by atoms with Crippen LogP contribution in [0.4, 0.5) is 0 Å². The summed E-state index contributed by atoms with van der Waals surface area (Å²) in [6.45, 7) is 1.72. The van der Waals surface area contributed by atoms with Crippen molar-refractivity contribution in [1.29, 1.82) is 0 Å². The lowest BCUT2D eigenvalue weighted by molar-refractivity contribution is 0.0788. The van der Waals surface area contributed by atoms with Gasteiger partial charge in [0.2, 0.25) is 0 Å². The van der Waals surface area contributed by atoms with Gasteiger partial charge in [0, 0.05) is 36.4 Å². The van der Waals surface area contributed by atoms with Crippen molar-refractivity contribution in [2.24, 2.45) is 0 Å². The topological polar surface area (TPSA) is 46.1 Å². The first-order valence-electron chi connectivity index (χ1n) is 6.00. The summed E-state index contributed by atoms with van der Waals surface area (Å²) < 4.78 is 0. The van der Waals surface area contributed by atoms with Crippen LogP contribution in [0.15, 0.2) is 29.9 Å². The third-order valence-corrected chi connectivity index (χ3v) is 3.94. The van der Waals surface area contributed by atoms with E-state index >= 15 is 0 Å². The van der Waals surface area contributed by atoms with E-state index in [9.17, 15) is 4.79 Å². The molecule has 0 spiro atoms. The van der Waals surface area contributed by atoms with Gasteiger partial charge in [0.15, 0.2) is 0 Å². The molecule has 0 atom stereocenters. The Kier molecular flexibility index (Phi) is 3.06. The molecule has 0 aliphatic carbocycles. The lowest BCUT2D eigenvalue weighted by Gasteiger charge is -2.12. The van der Waals surface area contributed by atoms with E-state index in [4.69, 9.17) is 0 Å². The van der Waals surface area contributed by atoms with Crippen LogP contribution in [0.2, 0.25) is 0 Å². The smallest absolute Gasteiger partial charge is 0.273 e. The van der Waals surface area contributed by atoms with Crippen molar-refractivity contribution in [1.82, 2.24) is 14.9 Å². The Bertz CT molecular complexity index is 546. The van der Waals surface area contributed by atoms with E-state index in [0.29, 0.717) is 5.69 Å². The van der Waals surface area contributed by atoms with Gasteiger partial charge in [0.05, 0.1) is 0 Å². The zero-order chi connectivity index (χ0) is 12.4. The minimum absolute atomic E-state index is 0.0593. The van der Waals surface area contributed by atoms with Gasteiger partial charge >= 0.3 is 0 Å². The van der Waals surface area contributed by atoms with Gasteiger partial charge in [-0.1, -0.05) is 0 Å². The molecule has 1 saturated heterocycles. The fourth-order valence-corrected chi connectivity index (χ4v) is 2.88. The van der Waals surface area contributed by atoms with Crippen LogP contribution in [0.1, 0.15) is 23.3 Å². The maximum absolute atomic E-state index is 12.1. The normalized spacial score (nSPS) is 15.0. The molecule has 1 aliphatic rings. The summed E-state index contributed by atoms with van der Waals surface area (Å²) in [5.41, 5.74) is 1.57. The van der Waals surface area contributed by atoms with Gasteiger partial charge in [0.25, 0.3) is 5.91 Å². The summed E-state index contributed by atoms with van der Waals surface area (Å²) in [5.74, 6) is 0.0593. The summed E-state index contributed by atoms with van der Waals surface area (Å²) in [6.07, 6.45) is 5.68. The number of pyridine rings is 1. The van der Waals surface area contributed by atoms with Gasteiger partial charge in [-0.25, -0.2) is 4.98 Å². The number of rotatable bonds is 2. The Morgan fingerprint density at radius 1 is 1.22 bits per heavy atom. The Morgan fingerprint density at radius 2 is 1.94 bits per heavy atom. The molecular formula is C13H13N3OS. The Hall–Kier alpha value is -1.75. The molecule has 1 amide bonds. The molecule has 0 unspecified atom stereocenters. The Balaban J connectivity index is 1.83. The molecule has 5 heteroatoms. The average molecular weight is 259 g/mol. The highest BCUT2D eigenvalue weighted by molar-refractivity contribution is 7.13. The Morgan fingerprint density at radius 3 is 2.67 bits per heavy atom. The molecule has 4 nitrogen and oxygen atoms in total. The summed E-state index contributed by atoms with van der Waals surface area (Å²) in [7, 11) is 0. The molecular weight excluding hydrogens is 246 g/mol. The molecule has 3 rings (SSSR count). The monoisotopic (exact) mass is 259 g/mol. The predicted molar refractivity (Wildman–Crippen MR) is 70.5 cm³/mol.